The largest absolute Gasteiger partial charge is 0.465 e. The molecular formula is C24H28N6O4S. The highest BCUT2D eigenvalue weighted by molar-refractivity contribution is 7.23. The smallest absolute Gasteiger partial charge is 0.405 e. The maximum Gasteiger partial charge on any atom is 0.405 e. The standard InChI is InChI=1S/C24H28N6O4S/c1-13-2-5-16-20(25)22(35-21(16)26-13)27-15-4-6-17-14(10-15)3-7-19(28-17)30-11-18(29-23(31)32)24(12-30)33-8-9-34-24/h2-3,5,7,15,18,27,29H,4,6,8-12,25H2,1H3,(H,31,32)/t15-,18?/m0/s1. The zero-order valence-electron chi connectivity index (χ0n) is 19.4. The fourth-order valence-electron chi connectivity index (χ4n) is 5.32. The average Bonchev–Trinajstić information content (AvgIpc) is 3.52. The molecule has 5 heterocycles. The number of carboxylic acid groups (broad SMARTS) is 1. The van der Waals surface area contributed by atoms with E-state index in [1.54, 1.807) is 11.3 Å². The molecule has 1 amide bonds. The number of hydrogen-bond acceptors (Lipinski definition) is 9. The van der Waals surface area contributed by atoms with Crippen molar-refractivity contribution in [3.8, 4) is 0 Å². The van der Waals surface area contributed by atoms with Crippen molar-refractivity contribution in [1.82, 2.24) is 15.3 Å². The van der Waals surface area contributed by atoms with Crippen molar-refractivity contribution in [3.63, 3.8) is 0 Å². The van der Waals surface area contributed by atoms with Crippen molar-refractivity contribution in [3.05, 3.63) is 41.2 Å². The Kier molecular flexibility index (Phi) is 5.42. The van der Waals surface area contributed by atoms with Gasteiger partial charge in [0.15, 0.2) is 0 Å². The van der Waals surface area contributed by atoms with E-state index in [9.17, 15) is 9.90 Å². The Morgan fingerprint density at radius 1 is 1.26 bits per heavy atom. The first-order chi connectivity index (χ1) is 16.9. The van der Waals surface area contributed by atoms with E-state index in [-0.39, 0.29) is 6.04 Å². The summed E-state index contributed by atoms with van der Waals surface area (Å²) in [6, 6.07) is 7.96. The van der Waals surface area contributed by atoms with Gasteiger partial charge in [-0.05, 0) is 49.9 Å². The van der Waals surface area contributed by atoms with Crippen LogP contribution in [0.4, 0.5) is 21.3 Å². The first kappa shape index (κ1) is 22.3. The van der Waals surface area contributed by atoms with Crippen LogP contribution in [0.3, 0.4) is 0 Å². The number of anilines is 3. The van der Waals surface area contributed by atoms with Gasteiger partial charge in [-0.15, -0.1) is 0 Å². The normalized spacial score (nSPS) is 23.1. The molecule has 2 saturated heterocycles. The SMILES string of the molecule is Cc1ccc2c(N)c(N[C@H]3CCc4nc(N5CC(NC(=O)O)C6(C5)OCCO6)ccc4C3)sc2n1. The Labute approximate surface area is 206 Å². The molecule has 3 aromatic heterocycles. The molecule has 0 radical (unpaired) electrons. The zero-order chi connectivity index (χ0) is 24.2. The van der Waals surface area contributed by atoms with Crippen molar-refractivity contribution in [2.24, 2.45) is 0 Å². The number of fused-ring (bicyclic) bond motifs is 2. The fraction of sp³-hybridized carbons (Fsp3) is 0.458. The van der Waals surface area contributed by atoms with Crippen LogP contribution in [-0.2, 0) is 22.3 Å². The number of nitrogens with one attached hydrogen (secondary N) is 2. The molecule has 0 aromatic carbocycles. The van der Waals surface area contributed by atoms with Gasteiger partial charge in [0.1, 0.15) is 21.7 Å². The number of pyridine rings is 2. The molecule has 1 spiro atoms. The van der Waals surface area contributed by atoms with Crippen LogP contribution < -0.4 is 21.3 Å². The van der Waals surface area contributed by atoms with Crippen LogP contribution in [0.2, 0.25) is 0 Å². The Morgan fingerprint density at radius 3 is 2.89 bits per heavy atom. The average molecular weight is 497 g/mol. The van der Waals surface area contributed by atoms with Crippen molar-refractivity contribution >= 4 is 44.2 Å². The molecule has 11 heteroatoms. The molecule has 0 saturated carbocycles. The minimum atomic E-state index is -1.09. The minimum absolute atomic E-state index is 0.270. The van der Waals surface area contributed by atoms with Crippen LogP contribution in [-0.4, -0.2) is 65.3 Å². The maximum absolute atomic E-state index is 11.3. The third-order valence-corrected chi connectivity index (χ3v) is 8.11. The molecule has 0 bridgehead atoms. The van der Waals surface area contributed by atoms with Gasteiger partial charge in [-0.2, -0.15) is 0 Å². The highest BCUT2D eigenvalue weighted by Crippen LogP contribution is 2.39. The van der Waals surface area contributed by atoms with Crippen LogP contribution in [0, 0.1) is 6.92 Å². The van der Waals surface area contributed by atoms with Gasteiger partial charge in [0.25, 0.3) is 0 Å². The maximum atomic E-state index is 11.3. The first-order valence-electron chi connectivity index (χ1n) is 11.8. The second kappa shape index (κ2) is 8.51. The van der Waals surface area contributed by atoms with Crippen molar-refractivity contribution in [2.75, 3.05) is 42.3 Å². The van der Waals surface area contributed by atoms with Gasteiger partial charge in [-0.3, -0.25) is 0 Å². The number of nitrogens with zero attached hydrogens (tertiary/aromatic N) is 3. The van der Waals surface area contributed by atoms with Gasteiger partial charge in [-0.25, -0.2) is 14.8 Å². The number of rotatable bonds is 4. The second-order valence-electron chi connectivity index (χ2n) is 9.40. The van der Waals surface area contributed by atoms with E-state index in [1.165, 1.54) is 5.56 Å². The molecule has 35 heavy (non-hydrogen) atoms. The topological polar surface area (TPSA) is 135 Å². The van der Waals surface area contributed by atoms with Gasteiger partial charge in [0.2, 0.25) is 5.79 Å². The number of ether oxygens (including phenoxy) is 2. The summed E-state index contributed by atoms with van der Waals surface area (Å²) in [6.07, 6.45) is 1.58. The van der Waals surface area contributed by atoms with Crippen molar-refractivity contribution in [2.45, 2.75) is 44.1 Å². The quantitative estimate of drug-likeness (QED) is 0.430. The molecule has 2 atom stereocenters. The van der Waals surface area contributed by atoms with Crippen LogP contribution in [0.15, 0.2) is 24.3 Å². The fourth-order valence-corrected chi connectivity index (χ4v) is 6.44. The van der Waals surface area contributed by atoms with Crippen molar-refractivity contribution < 1.29 is 19.4 Å². The Morgan fingerprint density at radius 2 is 2.09 bits per heavy atom. The molecule has 5 N–H and O–H groups in total. The van der Waals surface area contributed by atoms with E-state index < -0.39 is 17.9 Å². The van der Waals surface area contributed by atoms with Gasteiger partial charge >= 0.3 is 6.09 Å². The Bertz CT molecular complexity index is 1290. The summed E-state index contributed by atoms with van der Waals surface area (Å²) in [5.74, 6) is -0.138. The molecule has 10 nitrogen and oxygen atoms in total. The number of nitrogen functional groups attached to an aromatic ring is 1. The van der Waals surface area contributed by atoms with Crippen molar-refractivity contribution in [1.29, 1.82) is 0 Å². The summed E-state index contributed by atoms with van der Waals surface area (Å²) < 4.78 is 11.7. The van der Waals surface area contributed by atoms with Crippen LogP contribution in [0.5, 0.6) is 0 Å². The number of nitrogens with two attached hydrogens (primary N) is 1. The molecule has 1 unspecified atom stereocenters. The van der Waals surface area contributed by atoms with Gasteiger partial charge in [-0.1, -0.05) is 17.4 Å². The molecule has 3 aliphatic rings. The zero-order valence-corrected chi connectivity index (χ0v) is 20.2. The van der Waals surface area contributed by atoms with Crippen LogP contribution in [0.25, 0.3) is 10.2 Å². The summed E-state index contributed by atoms with van der Waals surface area (Å²) in [6.45, 7) is 3.78. The lowest BCUT2D eigenvalue weighted by Crippen LogP contribution is -2.52. The summed E-state index contributed by atoms with van der Waals surface area (Å²) in [4.78, 5) is 23.9. The summed E-state index contributed by atoms with van der Waals surface area (Å²) in [5.41, 5.74) is 10.5. The molecule has 1 aliphatic carbocycles. The Balaban J connectivity index is 1.17. The van der Waals surface area contributed by atoms with E-state index in [4.69, 9.17) is 20.2 Å². The summed E-state index contributed by atoms with van der Waals surface area (Å²) in [7, 11) is 0. The molecule has 3 aromatic rings. The Hall–Kier alpha value is -3.15. The van der Waals surface area contributed by atoms with E-state index in [0.29, 0.717) is 26.3 Å². The number of aromatic nitrogens is 2. The van der Waals surface area contributed by atoms with Crippen LogP contribution in [0.1, 0.15) is 23.4 Å². The molecule has 2 fully saturated rings. The van der Waals surface area contributed by atoms with E-state index in [1.807, 2.05) is 30.0 Å². The lowest BCUT2D eigenvalue weighted by molar-refractivity contribution is -0.152. The van der Waals surface area contributed by atoms with Gasteiger partial charge < -0.3 is 35.8 Å². The molecule has 6 rings (SSSR count). The predicted octanol–water partition coefficient (Wildman–Crippen LogP) is 2.75. The van der Waals surface area contributed by atoms with E-state index in [2.05, 4.69) is 21.7 Å². The molecule has 184 valence electrons. The number of hydrogen-bond donors (Lipinski definition) is 4. The third-order valence-electron chi connectivity index (χ3n) is 7.06. The number of thiophene rings is 1. The highest BCUT2D eigenvalue weighted by Gasteiger charge is 2.52. The molecule has 2 aliphatic heterocycles. The van der Waals surface area contributed by atoms with Gasteiger partial charge in [0.05, 0.1) is 25.4 Å². The first-order valence-corrected chi connectivity index (χ1v) is 12.7. The third kappa shape index (κ3) is 4.03. The lowest BCUT2D eigenvalue weighted by atomic mass is 9.92. The van der Waals surface area contributed by atoms with E-state index in [0.717, 1.165) is 57.4 Å². The second-order valence-corrected chi connectivity index (χ2v) is 10.4. The molecular weight excluding hydrogens is 468 g/mol. The minimum Gasteiger partial charge on any atom is -0.465 e. The van der Waals surface area contributed by atoms with Gasteiger partial charge in [0, 0.05) is 29.4 Å². The number of carbonyl (C=O) groups is 1. The lowest BCUT2D eigenvalue weighted by Gasteiger charge is -2.28. The van der Waals surface area contributed by atoms with E-state index >= 15 is 0 Å². The highest BCUT2D eigenvalue weighted by atomic mass is 32.1. The van der Waals surface area contributed by atoms with Crippen LogP contribution >= 0.6 is 11.3 Å². The predicted molar refractivity (Wildman–Crippen MR) is 134 cm³/mol. The number of amides is 1. The number of aryl methyl sites for hydroxylation is 2. The summed E-state index contributed by atoms with van der Waals surface area (Å²) >= 11 is 1.60. The summed E-state index contributed by atoms with van der Waals surface area (Å²) in [5, 5.41) is 17.4. The monoisotopic (exact) mass is 496 g/mol.